The van der Waals surface area contributed by atoms with Gasteiger partial charge in [0.2, 0.25) is 0 Å². The molecule has 0 amide bonds. The largest absolute Gasteiger partial charge is 0.310 e. The standard InChI is InChI=1S/C119H131N3/c1-15-23-27-30-36-84(22-8)119(83(21-7)35-29-25-17-3)101-63-76(73-39-45-86-85-37-31-32-38-96(85)116(9,10)97(86)59-73)42-48-89(101)90-49-43-77(64-102(90)119)74-41-47-88-87-46-40-72(60-98(87)117(11,12)99(88)61-74)75-44-50-91-94-65-95-111-105(66-103(120-13)109-92-55-70-51-78(92)57-80(53-70)107(109)111)122-106-67-104(121-14)110-93-56-71-52-79(93)58-81(54-71)108(110)112(106)113(115(95)122)114(94)118(100(91)62-75,68-69(19-5)33-26-18-4)82(20-6)34-28-24-16-2/h31-32,37-50,59-67,69-71,78-84,92-93H,15-30,33-36,51-58,68H2,1-12H3. The highest BCUT2D eigenvalue weighted by molar-refractivity contribution is 6.29. The molecule has 2 heterocycles. The molecule has 12 aromatic rings. The number of benzene rings is 10. The Hall–Kier alpha value is -9.02. The van der Waals surface area contributed by atoms with Gasteiger partial charge in [-0.1, -0.05) is 289 Å². The van der Waals surface area contributed by atoms with Crippen LogP contribution >= 0.6 is 0 Å². The maximum absolute atomic E-state index is 9.27. The lowest BCUT2D eigenvalue weighted by atomic mass is 9.57. The van der Waals surface area contributed by atoms with Crippen LogP contribution in [0.2, 0.25) is 0 Å². The number of hydrogen-bond acceptors (Lipinski definition) is 0. The molecule has 0 radical (unpaired) electrons. The van der Waals surface area contributed by atoms with E-state index in [0.717, 1.165) is 48.9 Å². The molecular weight excluding hydrogens is 1470 g/mol. The fourth-order valence-electron chi connectivity index (χ4n) is 30.8. The van der Waals surface area contributed by atoms with Crippen LogP contribution in [-0.2, 0) is 21.7 Å². The SMILES string of the molecule is [C-]#[N+]c1cc2c(c3c1C1CC4CC3CC1C4)c1cc3c(c4c5c6c(c([N+]#[C-])cc5n2c14)C1CC2CC6CC1C2)C(CC(CC)CCCC)(C(CC)CCCCC)c1cc(-c2ccc4c(c2)C(C)(C)c2cc(-c5ccc6c(c5)C(C(CC)CCCCC)(C(CC)CCCCCC)c5cc(-c7ccc8c(c7)C(C)(C)c7ccccc7-8)ccc5-6)ccc2-4)ccc1-3. The van der Waals surface area contributed by atoms with Crippen molar-refractivity contribution >= 4 is 49.5 Å². The Kier molecular flexibility index (Phi) is 19.3. The second-order valence-corrected chi connectivity index (χ2v) is 42.6. The third-order valence-corrected chi connectivity index (χ3v) is 36.1. The maximum Gasteiger partial charge on any atom is 0.193 e. The van der Waals surface area contributed by atoms with Crippen LogP contribution in [-0.4, -0.2) is 4.40 Å². The van der Waals surface area contributed by atoms with Crippen molar-refractivity contribution in [3.05, 3.63) is 241 Å². The average Bonchev–Trinajstić information content (AvgIpc) is 1.48. The van der Waals surface area contributed by atoms with Crippen molar-refractivity contribution in [1.82, 2.24) is 4.40 Å². The van der Waals surface area contributed by atoms with E-state index in [1.807, 2.05) is 0 Å². The van der Waals surface area contributed by atoms with Crippen molar-refractivity contribution in [2.75, 3.05) is 0 Å². The minimum Gasteiger partial charge on any atom is -0.310 e. The van der Waals surface area contributed by atoms with Crippen molar-refractivity contribution in [1.29, 1.82) is 0 Å². The van der Waals surface area contributed by atoms with Gasteiger partial charge in [-0.3, -0.25) is 0 Å². The molecule has 22 rings (SSSR count). The van der Waals surface area contributed by atoms with Crippen LogP contribution in [0, 0.1) is 60.5 Å². The molecule has 14 unspecified atom stereocenters. The highest BCUT2D eigenvalue weighted by Gasteiger charge is 2.57. The van der Waals surface area contributed by atoms with Gasteiger partial charge in [0.1, 0.15) is 0 Å². The number of nitrogens with zero attached hydrogens (tertiary/aromatic N) is 3. The fourth-order valence-corrected chi connectivity index (χ4v) is 30.8. The topological polar surface area (TPSA) is 13.1 Å². The van der Waals surface area contributed by atoms with Gasteiger partial charge in [0.15, 0.2) is 11.4 Å². The minimum atomic E-state index is -0.279. The molecule has 4 saturated carbocycles. The molecule has 0 saturated heterocycles. The van der Waals surface area contributed by atoms with Gasteiger partial charge in [-0.2, -0.15) is 0 Å². The Balaban J connectivity index is 0.702. The molecular formula is C119H131N3. The van der Waals surface area contributed by atoms with Gasteiger partial charge in [-0.25, -0.2) is 9.69 Å². The van der Waals surface area contributed by atoms with E-state index in [1.54, 1.807) is 38.8 Å². The quantitative estimate of drug-likeness (QED) is 0.0343. The van der Waals surface area contributed by atoms with Crippen LogP contribution in [0.3, 0.4) is 0 Å². The van der Waals surface area contributed by atoms with Crippen LogP contribution in [0.15, 0.2) is 152 Å². The van der Waals surface area contributed by atoms with E-state index >= 15 is 0 Å². The number of rotatable bonds is 28. The molecule has 2 aromatic heterocycles. The normalized spacial score (nSPS) is 24.5. The maximum atomic E-state index is 9.27. The van der Waals surface area contributed by atoms with Gasteiger partial charge >= 0.3 is 0 Å². The molecule has 10 aromatic carbocycles. The predicted octanol–water partition coefficient (Wildman–Crippen LogP) is 34.9. The summed E-state index contributed by atoms with van der Waals surface area (Å²) in [6.45, 7) is 48.2. The van der Waals surface area contributed by atoms with Crippen LogP contribution in [0.4, 0.5) is 11.4 Å². The van der Waals surface area contributed by atoms with Crippen LogP contribution in [0.25, 0.3) is 126 Å². The first-order valence-corrected chi connectivity index (χ1v) is 49.7. The number of unbranched alkanes of at least 4 members (excludes halogenated alkanes) is 8. The molecule has 0 N–H and O–H groups in total. The third-order valence-electron chi connectivity index (χ3n) is 36.1. The zero-order valence-corrected chi connectivity index (χ0v) is 75.7. The molecule has 122 heavy (non-hydrogen) atoms. The molecule has 6 bridgehead atoms. The first-order chi connectivity index (χ1) is 59.5. The van der Waals surface area contributed by atoms with Crippen molar-refractivity contribution in [3.8, 4) is 77.9 Å². The predicted molar refractivity (Wildman–Crippen MR) is 516 cm³/mol. The Morgan fingerprint density at radius 3 is 1.26 bits per heavy atom. The lowest BCUT2D eigenvalue weighted by molar-refractivity contribution is 0.178. The molecule has 4 fully saturated rings. The van der Waals surface area contributed by atoms with Crippen LogP contribution in [0.5, 0.6) is 0 Å². The zero-order valence-electron chi connectivity index (χ0n) is 75.7. The summed E-state index contributed by atoms with van der Waals surface area (Å²) in [5.74, 6) is 6.70. The highest BCUT2D eigenvalue weighted by atomic mass is 14.9. The van der Waals surface area contributed by atoms with Gasteiger partial charge in [0.25, 0.3) is 0 Å². The van der Waals surface area contributed by atoms with Crippen LogP contribution < -0.4 is 0 Å². The summed E-state index contributed by atoms with van der Waals surface area (Å²) in [4.78, 5) is 9.30. The average molecular weight is 1600 g/mol. The summed E-state index contributed by atoms with van der Waals surface area (Å²) in [5, 5.41) is 5.93. The van der Waals surface area contributed by atoms with Gasteiger partial charge in [-0.15, -0.1) is 0 Å². The summed E-state index contributed by atoms with van der Waals surface area (Å²) in [5.41, 5.74) is 42.7. The van der Waals surface area contributed by atoms with E-state index in [2.05, 4.69) is 249 Å². The number of fused-ring (bicyclic) bond motifs is 31. The van der Waals surface area contributed by atoms with E-state index in [1.165, 1.54) is 304 Å². The van der Waals surface area contributed by atoms with E-state index in [4.69, 9.17) is 6.57 Å². The second kappa shape index (κ2) is 29.8. The number of aromatic nitrogens is 1. The van der Waals surface area contributed by atoms with Crippen molar-refractivity contribution in [2.45, 2.75) is 315 Å². The lowest BCUT2D eigenvalue weighted by Gasteiger charge is -2.46. The van der Waals surface area contributed by atoms with Gasteiger partial charge in [-0.05, 0) is 347 Å². The molecule has 0 aliphatic heterocycles. The van der Waals surface area contributed by atoms with Gasteiger partial charge in [0.05, 0.1) is 18.7 Å². The molecule has 10 aliphatic carbocycles. The summed E-state index contributed by atoms with van der Waals surface area (Å²) in [7, 11) is 0. The first-order valence-electron chi connectivity index (χ1n) is 49.7. The van der Waals surface area contributed by atoms with Gasteiger partial charge in [0, 0.05) is 54.2 Å². The second-order valence-electron chi connectivity index (χ2n) is 42.6. The highest BCUT2D eigenvalue weighted by Crippen LogP contribution is 2.71. The number of hydrogen-bond donors (Lipinski definition) is 0. The summed E-state index contributed by atoms with van der Waals surface area (Å²) < 4.78 is 2.74. The van der Waals surface area contributed by atoms with E-state index in [-0.39, 0.29) is 21.7 Å². The Morgan fingerprint density at radius 1 is 0.361 bits per heavy atom. The Labute approximate surface area is 730 Å². The Bertz CT molecular complexity index is 6340. The summed E-state index contributed by atoms with van der Waals surface area (Å²) >= 11 is 0. The van der Waals surface area contributed by atoms with E-state index < -0.39 is 0 Å². The van der Waals surface area contributed by atoms with Crippen molar-refractivity contribution < 1.29 is 0 Å². The van der Waals surface area contributed by atoms with Crippen LogP contribution in [0.1, 0.15) is 360 Å². The Morgan fingerprint density at radius 2 is 0.779 bits per heavy atom. The zero-order chi connectivity index (χ0) is 83.3. The molecule has 10 aliphatic rings. The van der Waals surface area contributed by atoms with E-state index in [9.17, 15) is 6.57 Å². The summed E-state index contributed by atoms with van der Waals surface area (Å²) in [6, 6.07) is 63.3. The van der Waals surface area contributed by atoms with Gasteiger partial charge < -0.3 is 4.40 Å². The monoisotopic (exact) mass is 1600 g/mol. The fraction of sp³-hybridized carbons (Fsp3) is 0.479. The molecule has 3 nitrogen and oxygen atoms in total. The third kappa shape index (κ3) is 11.1. The molecule has 622 valence electrons. The summed E-state index contributed by atoms with van der Waals surface area (Å²) in [6.07, 6.45) is 36.0. The molecule has 0 spiro atoms. The van der Waals surface area contributed by atoms with Crippen molar-refractivity contribution in [2.24, 2.45) is 47.3 Å². The molecule has 14 atom stereocenters. The lowest BCUT2D eigenvalue weighted by Crippen LogP contribution is -2.42. The van der Waals surface area contributed by atoms with E-state index in [0.29, 0.717) is 59.2 Å². The minimum absolute atomic E-state index is 0.0697. The van der Waals surface area contributed by atoms with Crippen molar-refractivity contribution in [3.63, 3.8) is 0 Å². The first kappa shape index (κ1) is 78.9. The molecule has 3 heteroatoms. The smallest absolute Gasteiger partial charge is 0.193 e.